The minimum absolute atomic E-state index is 0.113. The van der Waals surface area contributed by atoms with E-state index in [2.05, 4.69) is 20.9 Å². The molecule has 3 amide bonds. The molecule has 2 aromatic heterocycles. The monoisotopic (exact) mass is 614 g/mol. The molecule has 2 heterocycles. The smallest absolute Gasteiger partial charge is 0.272 e. The molecule has 8 nitrogen and oxygen atoms in total. The Labute approximate surface area is 254 Å². The lowest BCUT2D eigenvalue weighted by molar-refractivity contribution is -0.115. The van der Waals surface area contributed by atoms with Crippen molar-refractivity contribution >= 4 is 79.3 Å². The van der Waals surface area contributed by atoms with Crippen molar-refractivity contribution in [3.05, 3.63) is 106 Å². The van der Waals surface area contributed by atoms with E-state index in [0.29, 0.717) is 16.4 Å². The summed E-state index contributed by atoms with van der Waals surface area (Å²) in [6.07, 6.45) is 1.63. The number of hydrogen-bond acceptors (Lipinski definition) is 8. The highest BCUT2D eigenvalue weighted by atomic mass is 32.2. The van der Waals surface area contributed by atoms with E-state index in [-0.39, 0.29) is 17.5 Å². The van der Waals surface area contributed by atoms with Crippen LogP contribution in [0.5, 0.6) is 5.75 Å². The number of nitrogens with zero attached hydrogens (tertiary/aromatic N) is 1. The van der Waals surface area contributed by atoms with Gasteiger partial charge in [-0.15, -0.1) is 11.8 Å². The van der Waals surface area contributed by atoms with Gasteiger partial charge in [0.05, 0.1) is 22.6 Å². The van der Waals surface area contributed by atoms with Gasteiger partial charge in [0.15, 0.2) is 5.13 Å². The summed E-state index contributed by atoms with van der Waals surface area (Å²) in [5.41, 5.74) is 2.67. The third kappa shape index (κ3) is 7.43. The van der Waals surface area contributed by atoms with Crippen molar-refractivity contribution in [2.45, 2.75) is 17.1 Å². The fourth-order valence-corrected chi connectivity index (χ4v) is 6.30. The summed E-state index contributed by atoms with van der Waals surface area (Å²) >= 11 is 4.23. The van der Waals surface area contributed by atoms with Crippen LogP contribution in [-0.4, -0.2) is 35.1 Å². The van der Waals surface area contributed by atoms with Crippen molar-refractivity contribution in [3.63, 3.8) is 0 Å². The van der Waals surface area contributed by atoms with Gasteiger partial charge >= 0.3 is 0 Å². The standard InChI is InChI=1S/C31H26N4O4S3/c1-19(28(36)35-31-34-25-12-11-23(39-2)17-27(25)42-31)41-24-10-6-9-22(16-24)32-30(38)26(15-20-13-14-40-18-20)33-29(37)21-7-4-3-5-8-21/h3-19H,1-2H3,(H,32,38)(H,33,37)(H,34,35,36)/b26-15-. The van der Waals surface area contributed by atoms with E-state index in [0.717, 1.165) is 26.4 Å². The number of carbonyl (C=O) groups is 3. The summed E-state index contributed by atoms with van der Waals surface area (Å²) in [5.74, 6) is -0.313. The number of hydrogen-bond donors (Lipinski definition) is 3. The van der Waals surface area contributed by atoms with Crippen LogP contribution in [0, 0.1) is 0 Å². The highest BCUT2D eigenvalue weighted by Gasteiger charge is 2.18. The Balaban J connectivity index is 1.24. The van der Waals surface area contributed by atoms with Gasteiger partial charge in [-0.2, -0.15) is 11.3 Å². The summed E-state index contributed by atoms with van der Waals surface area (Å²) in [7, 11) is 1.61. The minimum atomic E-state index is -0.467. The van der Waals surface area contributed by atoms with E-state index in [1.807, 2.05) is 54.1 Å². The Bertz CT molecular complexity index is 1750. The Hall–Kier alpha value is -4.45. The maximum absolute atomic E-state index is 13.3. The summed E-state index contributed by atoms with van der Waals surface area (Å²) in [6, 6.07) is 23.3. The van der Waals surface area contributed by atoms with Crippen LogP contribution in [0.1, 0.15) is 22.8 Å². The van der Waals surface area contributed by atoms with Gasteiger partial charge in [0.1, 0.15) is 11.4 Å². The Morgan fingerprint density at radius 2 is 1.81 bits per heavy atom. The first-order chi connectivity index (χ1) is 20.4. The number of nitrogens with one attached hydrogen (secondary N) is 3. The maximum Gasteiger partial charge on any atom is 0.272 e. The van der Waals surface area contributed by atoms with Gasteiger partial charge in [-0.25, -0.2) is 4.98 Å². The molecule has 3 N–H and O–H groups in total. The van der Waals surface area contributed by atoms with E-state index in [1.165, 1.54) is 34.4 Å². The Morgan fingerprint density at radius 3 is 2.57 bits per heavy atom. The normalized spacial score (nSPS) is 12.0. The molecule has 1 unspecified atom stereocenters. The molecule has 1 atom stereocenters. The molecule has 42 heavy (non-hydrogen) atoms. The fraction of sp³-hybridized carbons (Fsp3) is 0.0968. The van der Waals surface area contributed by atoms with Crippen molar-refractivity contribution in [2.75, 3.05) is 17.7 Å². The molecule has 5 aromatic rings. The number of thioether (sulfide) groups is 1. The fourth-order valence-electron chi connectivity index (χ4n) is 3.86. The number of fused-ring (bicyclic) bond motifs is 1. The second-order valence-electron chi connectivity index (χ2n) is 9.02. The number of thiophene rings is 1. The van der Waals surface area contributed by atoms with Crippen LogP contribution in [0.25, 0.3) is 16.3 Å². The van der Waals surface area contributed by atoms with E-state index in [9.17, 15) is 14.4 Å². The molecular weight excluding hydrogens is 589 g/mol. The van der Waals surface area contributed by atoms with Crippen LogP contribution in [0.2, 0.25) is 0 Å². The average Bonchev–Trinajstić information content (AvgIpc) is 3.66. The molecule has 0 aliphatic rings. The zero-order valence-electron chi connectivity index (χ0n) is 22.6. The van der Waals surface area contributed by atoms with Crippen LogP contribution < -0.4 is 20.7 Å². The number of aromatic nitrogens is 1. The molecule has 0 bridgehead atoms. The molecule has 0 aliphatic carbocycles. The molecule has 0 fully saturated rings. The van der Waals surface area contributed by atoms with E-state index in [1.54, 1.807) is 55.7 Å². The summed E-state index contributed by atoms with van der Waals surface area (Å²) in [4.78, 5) is 44.3. The first-order valence-electron chi connectivity index (χ1n) is 12.8. The summed E-state index contributed by atoms with van der Waals surface area (Å²) in [6.45, 7) is 1.81. The van der Waals surface area contributed by atoms with Gasteiger partial charge in [0, 0.05) is 16.1 Å². The van der Waals surface area contributed by atoms with Crippen molar-refractivity contribution in [1.82, 2.24) is 10.3 Å². The number of carbonyl (C=O) groups excluding carboxylic acids is 3. The third-order valence-corrected chi connectivity index (χ3v) is 8.71. The van der Waals surface area contributed by atoms with Gasteiger partial charge in [-0.3, -0.25) is 14.4 Å². The quantitative estimate of drug-likeness (QED) is 0.117. The molecule has 0 saturated carbocycles. The Morgan fingerprint density at radius 1 is 0.976 bits per heavy atom. The van der Waals surface area contributed by atoms with Gasteiger partial charge in [0.2, 0.25) is 5.91 Å². The topological polar surface area (TPSA) is 109 Å². The zero-order valence-corrected chi connectivity index (χ0v) is 25.1. The number of thiazole rings is 1. The maximum atomic E-state index is 13.3. The lowest BCUT2D eigenvalue weighted by atomic mass is 10.2. The van der Waals surface area contributed by atoms with Crippen molar-refractivity contribution in [1.29, 1.82) is 0 Å². The van der Waals surface area contributed by atoms with Crippen LogP contribution in [0.3, 0.4) is 0 Å². The number of methoxy groups -OCH3 is 1. The number of benzene rings is 3. The highest BCUT2D eigenvalue weighted by molar-refractivity contribution is 8.00. The van der Waals surface area contributed by atoms with Crippen LogP contribution in [0.15, 0.2) is 100 Å². The van der Waals surface area contributed by atoms with Crippen molar-refractivity contribution in [2.24, 2.45) is 0 Å². The molecule has 0 radical (unpaired) electrons. The van der Waals surface area contributed by atoms with Crippen molar-refractivity contribution < 1.29 is 19.1 Å². The van der Waals surface area contributed by atoms with Crippen LogP contribution in [0.4, 0.5) is 10.8 Å². The van der Waals surface area contributed by atoms with E-state index >= 15 is 0 Å². The molecule has 11 heteroatoms. The first kappa shape index (κ1) is 29.1. The number of anilines is 2. The van der Waals surface area contributed by atoms with E-state index < -0.39 is 11.2 Å². The second kappa shape index (κ2) is 13.5. The lowest BCUT2D eigenvalue weighted by Gasteiger charge is -2.13. The predicted octanol–water partition coefficient (Wildman–Crippen LogP) is 6.90. The molecule has 0 aliphatic heterocycles. The average molecular weight is 615 g/mol. The van der Waals surface area contributed by atoms with E-state index in [4.69, 9.17) is 4.74 Å². The predicted molar refractivity (Wildman–Crippen MR) is 171 cm³/mol. The highest BCUT2D eigenvalue weighted by Crippen LogP contribution is 2.31. The number of ether oxygens (including phenoxy) is 1. The SMILES string of the molecule is COc1ccc2nc(NC(=O)C(C)Sc3cccc(NC(=O)/C(=C/c4ccsc4)NC(=O)c4ccccc4)c3)sc2c1. The lowest BCUT2D eigenvalue weighted by Crippen LogP contribution is -2.30. The minimum Gasteiger partial charge on any atom is -0.497 e. The first-order valence-corrected chi connectivity index (χ1v) is 15.5. The Kier molecular flexibility index (Phi) is 9.32. The van der Waals surface area contributed by atoms with Crippen molar-refractivity contribution in [3.8, 4) is 5.75 Å². The van der Waals surface area contributed by atoms with Crippen LogP contribution in [-0.2, 0) is 9.59 Å². The molecule has 0 saturated heterocycles. The van der Waals surface area contributed by atoms with Gasteiger partial charge in [-0.05, 0) is 83.9 Å². The van der Waals surface area contributed by atoms with Gasteiger partial charge in [0.25, 0.3) is 11.8 Å². The number of amides is 3. The van der Waals surface area contributed by atoms with Gasteiger partial charge < -0.3 is 20.7 Å². The summed E-state index contributed by atoms with van der Waals surface area (Å²) in [5, 5.41) is 12.4. The molecule has 212 valence electrons. The van der Waals surface area contributed by atoms with Gasteiger partial charge in [-0.1, -0.05) is 35.6 Å². The summed E-state index contributed by atoms with van der Waals surface area (Å²) < 4.78 is 6.18. The van der Waals surface area contributed by atoms with Crippen LogP contribution >= 0.6 is 34.4 Å². The second-order valence-corrected chi connectivity index (χ2v) is 12.2. The third-order valence-electron chi connectivity index (χ3n) is 5.98. The molecular formula is C31H26N4O4S3. The molecule has 3 aromatic carbocycles. The molecule has 0 spiro atoms. The largest absolute Gasteiger partial charge is 0.497 e. The zero-order chi connectivity index (χ0) is 29.5. The molecule has 5 rings (SSSR count). The number of rotatable bonds is 10.